The molecule has 0 saturated heterocycles. The van der Waals surface area contributed by atoms with Gasteiger partial charge in [-0.15, -0.1) is 0 Å². The molecule has 0 bridgehead atoms. The van der Waals surface area contributed by atoms with Gasteiger partial charge in [-0.25, -0.2) is 0 Å². The summed E-state index contributed by atoms with van der Waals surface area (Å²) in [6, 6.07) is 0.466. The predicted molar refractivity (Wildman–Crippen MR) is 72.8 cm³/mol. The molecule has 0 aromatic rings. The van der Waals surface area contributed by atoms with Crippen LogP contribution in [0, 0.1) is 0 Å². The first-order valence-electron chi connectivity index (χ1n) is 6.86. The molecule has 0 atom stereocenters. The minimum absolute atomic E-state index is 0.0474. The molecule has 0 heterocycles. The van der Waals surface area contributed by atoms with Gasteiger partial charge in [0.2, 0.25) is 11.8 Å². The molecule has 2 amide bonds. The summed E-state index contributed by atoms with van der Waals surface area (Å²) in [5.74, 6) is -0.206. The number of likely N-dealkylation sites (N-methyl/N-ethyl adjacent to an activating group) is 1. The lowest BCUT2D eigenvalue weighted by Crippen LogP contribution is -2.44. The Hall–Kier alpha value is -1.14. The monoisotopic (exact) mass is 271 g/mol. The molecule has 1 aliphatic carbocycles. The molecule has 1 saturated carbocycles. The number of carbonyl (C=O) groups excluding carboxylic acids is 2. The number of methoxy groups -OCH3 is 1. The number of nitrogens with zero attached hydrogens (tertiary/aromatic N) is 1. The summed E-state index contributed by atoms with van der Waals surface area (Å²) in [6.45, 7) is 1.35. The van der Waals surface area contributed by atoms with Crippen molar-refractivity contribution in [3.8, 4) is 0 Å². The van der Waals surface area contributed by atoms with Crippen LogP contribution in [0.4, 0.5) is 0 Å². The van der Waals surface area contributed by atoms with E-state index < -0.39 is 0 Å². The lowest BCUT2D eigenvalue weighted by Gasteiger charge is -2.18. The van der Waals surface area contributed by atoms with Crippen molar-refractivity contribution in [3.63, 3.8) is 0 Å². The van der Waals surface area contributed by atoms with Gasteiger partial charge < -0.3 is 20.3 Å². The van der Waals surface area contributed by atoms with Gasteiger partial charge in [-0.05, 0) is 12.8 Å². The van der Waals surface area contributed by atoms with Crippen LogP contribution in [0.1, 0.15) is 25.7 Å². The SMILES string of the molecule is COCCNC(=O)CN(C)C(=O)CNC1CCCC1. The van der Waals surface area contributed by atoms with Gasteiger partial charge in [0.05, 0.1) is 19.7 Å². The van der Waals surface area contributed by atoms with Gasteiger partial charge in [0, 0.05) is 26.7 Å². The van der Waals surface area contributed by atoms with E-state index in [2.05, 4.69) is 10.6 Å². The lowest BCUT2D eigenvalue weighted by atomic mass is 10.2. The van der Waals surface area contributed by atoms with Crippen LogP contribution < -0.4 is 10.6 Å². The van der Waals surface area contributed by atoms with E-state index in [-0.39, 0.29) is 18.4 Å². The largest absolute Gasteiger partial charge is 0.383 e. The molecule has 1 aliphatic rings. The van der Waals surface area contributed by atoms with Crippen molar-refractivity contribution in [1.82, 2.24) is 15.5 Å². The number of carbonyl (C=O) groups is 2. The molecule has 0 aliphatic heterocycles. The van der Waals surface area contributed by atoms with Crippen molar-refractivity contribution in [1.29, 1.82) is 0 Å². The second-order valence-electron chi connectivity index (χ2n) is 4.95. The number of rotatable bonds is 8. The Labute approximate surface area is 114 Å². The molecule has 19 heavy (non-hydrogen) atoms. The molecule has 2 N–H and O–H groups in total. The summed E-state index contributed by atoms with van der Waals surface area (Å²) in [7, 11) is 3.23. The Morgan fingerprint density at radius 3 is 2.63 bits per heavy atom. The smallest absolute Gasteiger partial charge is 0.239 e. The van der Waals surface area contributed by atoms with Crippen LogP contribution in [0.3, 0.4) is 0 Å². The van der Waals surface area contributed by atoms with Gasteiger partial charge in [-0.1, -0.05) is 12.8 Å². The van der Waals surface area contributed by atoms with Crippen molar-refractivity contribution >= 4 is 11.8 Å². The normalized spacial score (nSPS) is 15.5. The van der Waals surface area contributed by atoms with Gasteiger partial charge in [0.25, 0.3) is 0 Å². The lowest BCUT2D eigenvalue weighted by molar-refractivity contribution is -0.134. The second-order valence-corrected chi connectivity index (χ2v) is 4.95. The molecule has 110 valence electrons. The topological polar surface area (TPSA) is 70.7 Å². The summed E-state index contributed by atoms with van der Waals surface area (Å²) in [4.78, 5) is 24.8. The Balaban J connectivity index is 2.14. The van der Waals surface area contributed by atoms with Crippen molar-refractivity contribution < 1.29 is 14.3 Å². The van der Waals surface area contributed by atoms with Crippen LogP contribution in [-0.2, 0) is 14.3 Å². The Kier molecular flexibility index (Phi) is 7.43. The first-order valence-corrected chi connectivity index (χ1v) is 6.86. The number of amides is 2. The molecule has 0 unspecified atom stereocenters. The molecule has 6 nitrogen and oxygen atoms in total. The zero-order chi connectivity index (χ0) is 14.1. The Bertz CT molecular complexity index is 291. The average Bonchev–Trinajstić information content (AvgIpc) is 2.89. The van der Waals surface area contributed by atoms with Crippen molar-refractivity contribution in [3.05, 3.63) is 0 Å². The van der Waals surface area contributed by atoms with Crippen molar-refractivity contribution in [2.75, 3.05) is 40.4 Å². The fourth-order valence-electron chi connectivity index (χ4n) is 2.15. The van der Waals surface area contributed by atoms with Gasteiger partial charge in [-0.2, -0.15) is 0 Å². The highest BCUT2D eigenvalue weighted by Gasteiger charge is 2.17. The number of nitrogens with one attached hydrogen (secondary N) is 2. The molecular weight excluding hydrogens is 246 g/mol. The summed E-state index contributed by atoms with van der Waals surface area (Å²) in [6.07, 6.45) is 4.77. The molecule has 1 fully saturated rings. The van der Waals surface area contributed by atoms with Crippen LogP contribution in [0.5, 0.6) is 0 Å². The fraction of sp³-hybridized carbons (Fsp3) is 0.846. The minimum Gasteiger partial charge on any atom is -0.383 e. The standard InChI is InChI=1S/C13H25N3O3/c1-16(10-12(17)14-7-8-19-2)13(18)9-15-11-5-3-4-6-11/h11,15H,3-10H2,1-2H3,(H,14,17). The van der Waals surface area contributed by atoms with E-state index in [1.54, 1.807) is 14.2 Å². The van der Waals surface area contributed by atoms with Crippen molar-refractivity contribution in [2.45, 2.75) is 31.7 Å². The van der Waals surface area contributed by atoms with E-state index in [9.17, 15) is 9.59 Å². The summed E-state index contributed by atoms with van der Waals surface area (Å²) >= 11 is 0. The van der Waals surface area contributed by atoms with E-state index in [1.165, 1.54) is 17.7 Å². The van der Waals surface area contributed by atoms with Crippen LogP contribution in [0.2, 0.25) is 0 Å². The van der Waals surface area contributed by atoms with Crippen LogP contribution in [0.25, 0.3) is 0 Å². The predicted octanol–water partition coefficient (Wildman–Crippen LogP) is -0.260. The highest BCUT2D eigenvalue weighted by molar-refractivity contribution is 5.85. The molecule has 0 spiro atoms. The number of hydrogen-bond donors (Lipinski definition) is 2. The summed E-state index contributed by atoms with van der Waals surface area (Å²) in [5, 5.41) is 5.93. The Morgan fingerprint density at radius 1 is 1.32 bits per heavy atom. The van der Waals surface area contributed by atoms with Gasteiger partial charge in [0.1, 0.15) is 0 Å². The summed E-state index contributed by atoms with van der Waals surface area (Å²) in [5.41, 5.74) is 0. The zero-order valence-electron chi connectivity index (χ0n) is 11.9. The molecule has 6 heteroatoms. The van der Waals surface area contributed by atoms with E-state index >= 15 is 0 Å². The molecule has 1 rings (SSSR count). The van der Waals surface area contributed by atoms with E-state index in [1.807, 2.05) is 0 Å². The highest BCUT2D eigenvalue weighted by Crippen LogP contribution is 2.17. The van der Waals surface area contributed by atoms with E-state index in [0.29, 0.717) is 25.7 Å². The molecule has 0 aromatic heterocycles. The van der Waals surface area contributed by atoms with Crippen molar-refractivity contribution in [2.24, 2.45) is 0 Å². The first kappa shape index (κ1) is 15.9. The Morgan fingerprint density at radius 2 is 2.00 bits per heavy atom. The average molecular weight is 271 g/mol. The highest BCUT2D eigenvalue weighted by atomic mass is 16.5. The maximum atomic E-state index is 11.8. The summed E-state index contributed by atoms with van der Waals surface area (Å²) < 4.78 is 4.83. The van der Waals surface area contributed by atoms with E-state index in [0.717, 1.165) is 12.8 Å². The third-order valence-corrected chi connectivity index (χ3v) is 3.33. The second kappa shape index (κ2) is 8.87. The van der Waals surface area contributed by atoms with Gasteiger partial charge >= 0.3 is 0 Å². The number of hydrogen-bond acceptors (Lipinski definition) is 4. The quantitative estimate of drug-likeness (QED) is 0.597. The van der Waals surface area contributed by atoms with E-state index in [4.69, 9.17) is 4.74 Å². The minimum atomic E-state index is -0.159. The molecule has 0 radical (unpaired) electrons. The molecule has 0 aromatic carbocycles. The maximum absolute atomic E-state index is 11.8. The van der Waals surface area contributed by atoms with Gasteiger partial charge in [-0.3, -0.25) is 9.59 Å². The van der Waals surface area contributed by atoms with Crippen LogP contribution in [-0.4, -0.2) is 63.2 Å². The third-order valence-electron chi connectivity index (χ3n) is 3.33. The maximum Gasteiger partial charge on any atom is 0.239 e. The molecular formula is C13H25N3O3. The number of ether oxygens (including phenoxy) is 1. The fourth-order valence-corrected chi connectivity index (χ4v) is 2.15. The van der Waals surface area contributed by atoms with Crippen LogP contribution in [0.15, 0.2) is 0 Å². The zero-order valence-corrected chi connectivity index (χ0v) is 11.9. The van der Waals surface area contributed by atoms with Gasteiger partial charge in [0.15, 0.2) is 0 Å². The third kappa shape index (κ3) is 6.54. The first-order chi connectivity index (χ1) is 9.13. The van der Waals surface area contributed by atoms with Crippen LogP contribution >= 0.6 is 0 Å².